The van der Waals surface area contributed by atoms with Gasteiger partial charge in [0.15, 0.2) is 0 Å². The molecule has 0 radical (unpaired) electrons. The van der Waals surface area contributed by atoms with Crippen molar-refractivity contribution in [2.75, 3.05) is 16.0 Å². The van der Waals surface area contributed by atoms with Gasteiger partial charge in [0.25, 0.3) is 5.91 Å². The first-order valence-electron chi connectivity index (χ1n) is 13.8. The maximum Gasteiger partial charge on any atom is 0.335 e. The van der Waals surface area contributed by atoms with Crippen LogP contribution in [0.3, 0.4) is 0 Å². The summed E-state index contributed by atoms with van der Waals surface area (Å²) in [7, 11) is 0. The third-order valence-corrected chi connectivity index (χ3v) is 6.81. The van der Waals surface area contributed by atoms with E-state index in [9.17, 15) is 24.0 Å². The maximum absolute atomic E-state index is 13.4. The molecule has 1 atom stereocenters. The second-order valence-corrected chi connectivity index (χ2v) is 10.3. The van der Waals surface area contributed by atoms with Crippen LogP contribution in [0.4, 0.5) is 17.1 Å². The molecule has 16 heteroatoms. The van der Waals surface area contributed by atoms with Gasteiger partial charge in [0.1, 0.15) is 18.1 Å². The van der Waals surface area contributed by atoms with E-state index in [2.05, 4.69) is 41.8 Å². The van der Waals surface area contributed by atoms with Crippen molar-refractivity contribution in [2.24, 2.45) is 0 Å². The molecule has 0 aliphatic heterocycles. The van der Waals surface area contributed by atoms with Gasteiger partial charge in [-0.2, -0.15) is 4.68 Å². The summed E-state index contributed by atoms with van der Waals surface area (Å²) in [5.41, 5.74) is 2.02. The summed E-state index contributed by atoms with van der Waals surface area (Å²) in [6, 6.07) is 20.1. The topological polar surface area (TPSA) is 210 Å². The molecule has 236 valence electrons. The molecule has 0 spiro atoms. The lowest BCUT2D eigenvalue weighted by Crippen LogP contribution is -2.49. The van der Waals surface area contributed by atoms with Gasteiger partial charge in [-0.1, -0.05) is 29.8 Å². The van der Waals surface area contributed by atoms with Crippen LogP contribution in [0.5, 0.6) is 0 Å². The van der Waals surface area contributed by atoms with Crippen LogP contribution in [0.2, 0.25) is 5.02 Å². The fourth-order valence-corrected chi connectivity index (χ4v) is 4.44. The molecule has 5 aromatic rings. The van der Waals surface area contributed by atoms with E-state index in [1.165, 1.54) is 47.5 Å². The van der Waals surface area contributed by atoms with Crippen molar-refractivity contribution in [1.82, 2.24) is 30.5 Å². The Balaban J connectivity index is 1.32. The summed E-state index contributed by atoms with van der Waals surface area (Å²) >= 11 is 6.11. The predicted octanol–water partition coefficient (Wildman–Crippen LogP) is 2.97. The third-order valence-electron chi connectivity index (χ3n) is 6.58. The van der Waals surface area contributed by atoms with Gasteiger partial charge in [0, 0.05) is 29.0 Å². The number of benzene rings is 3. The fraction of sp³-hybridized carbons (Fsp3) is 0.0645. The van der Waals surface area contributed by atoms with Gasteiger partial charge in [-0.15, -0.1) is 5.10 Å². The van der Waals surface area contributed by atoms with Crippen LogP contribution in [0.15, 0.2) is 97.5 Å². The zero-order valence-corrected chi connectivity index (χ0v) is 24.9. The smallest absolute Gasteiger partial charge is 0.335 e. The van der Waals surface area contributed by atoms with E-state index < -0.39 is 35.6 Å². The third kappa shape index (κ3) is 8.37. The summed E-state index contributed by atoms with van der Waals surface area (Å²) in [6.07, 6.45) is 2.73. The lowest BCUT2D eigenvalue weighted by molar-refractivity contribution is -0.137. The number of hydrogen-bond donors (Lipinski definition) is 5. The zero-order valence-electron chi connectivity index (χ0n) is 24.1. The molecule has 0 bridgehead atoms. The molecule has 0 unspecified atom stereocenters. The molecule has 3 aromatic carbocycles. The molecule has 5 N–H and O–H groups in total. The van der Waals surface area contributed by atoms with Crippen molar-refractivity contribution in [3.63, 3.8) is 0 Å². The molecule has 47 heavy (non-hydrogen) atoms. The van der Waals surface area contributed by atoms with Gasteiger partial charge >= 0.3 is 17.8 Å². The number of carbonyl (C=O) groups is 5. The Morgan fingerprint density at radius 1 is 0.830 bits per heavy atom. The van der Waals surface area contributed by atoms with Crippen LogP contribution < -0.4 is 21.3 Å². The second kappa shape index (κ2) is 14.5. The number of carbonyl (C=O) groups excluding carboxylic acids is 4. The number of amides is 4. The Morgan fingerprint density at radius 3 is 2.21 bits per heavy atom. The number of carboxylic acids is 1. The largest absolute Gasteiger partial charge is 0.478 e. The highest BCUT2D eigenvalue weighted by atomic mass is 35.5. The number of carboxylic acid groups (broad SMARTS) is 1. The molecule has 5 rings (SSSR count). The minimum Gasteiger partial charge on any atom is -0.478 e. The molecule has 0 fully saturated rings. The lowest BCUT2D eigenvalue weighted by atomic mass is 10.0. The van der Waals surface area contributed by atoms with E-state index >= 15 is 0 Å². The highest BCUT2D eigenvalue weighted by Gasteiger charge is 2.26. The molecule has 2 aromatic heterocycles. The number of tetrazole rings is 1. The van der Waals surface area contributed by atoms with Crippen molar-refractivity contribution in [2.45, 2.75) is 12.5 Å². The van der Waals surface area contributed by atoms with Crippen LogP contribution in [0.1, 0.15) is 26.4 Å². The van der Waals surface area contributed by atoms with Crippen molar-refractivity contribution < 1.29 is 29.1 Å². The average Bonchev–Trinajstić information content (AvgIpc) is 3.61. The monoisotopic (exact) mass is 653 g/mol. The van der Waals surface area contributed by atoms with Crippen molar-refractivity contribution in [3.05, 3.63) is 119 Å². The number of hydrogen-bond acceptors (Lipinski definition) is 9. The van der Waals surface area contributed by atoms with Crippen molar-refractivity contribution in [1.29, 1.82) is 0 Å². The van der Waals surface area contributed by atoms with Gasteiger partial charge in [-0.3, -0.25) is 24.2 Å². The number of aromatic carboxylic acids is 1. The first kappa shape index (κ1) is 31.9. The summed E-state index contributed by atoms with van der Waals surface area (Å²) in [5, 5.41) is 30.6. The highest BCUT2D eigenvalue weighted by Crippen LogP contribution is 2.24. The van der Waals surface area contributed by atoms with Crippen LogP contribution in [-0.2, 0) is 20.8 Å². The molecule has 2 heterocycles. The number of nitrogens with one attached hydrogen (secondary N) is 4. The van der Waals surface area contributed by atoms with Gasteiger partial charge in [-0.05, 0) is 82.7 Å². The van der Waals surface area contributed by atoms with Gasteiger partial charge < -0.3 is 26.4 Å². The first-order valence-corrected chi connectivity index (χ1v) is 14.1. The predicted molar refractivity (Wildman–Crippen MR) is 169 cm³/mol. The number of anilines is 3. The Hall–Kier alpha value is -6.48. The maximum atomic E-state index is 13.4. The number of nitrogens with zero attached hydrogens (tertiary/aromatic N) is 5. The Kier molecular flexibility index (Phi) is 9.87. The molecule has 0 saturated heterocycles. The minimum atomic E-state index is -1.26. The van der Waals surface area contributed by atoms with Crippen LogP contribution in [-0.4, -0.2) is 65.9 Å². The van der Waals surface area contributed by atoms with Gasteiger partial charge in [-0.25, -0.2) is 4.79 Å². The molecule has 0 aliphatic carbocycles. The SMILES string of the molecule is O=C(Nc1cc(Cl)ccc1-n1cnnn1)C(=O)N[C@@H](Cc1ccc(NC(=O)c2ccccn2)cc1)C(=O)Nc1ccc(C(=O)O)cc1. The highest BCUT2D eigenvalue weighted by molar-refractivity contribution is 6.40. The number of aromatic nitrogens is 5. The molecule has 15 nitrogen and oxygen atoms in total. The lowest BCUT2D eigenvalue weighted by Gasteiger charge is -2.19. The van der Waals surface area contributed by atoms with E-state index in [1.54, 1.807) is 54.6 Å². The van der Waals surface area contributed by atoms with E-state index in [-0.39, 0.29) is 34.1 Å². The number of rotatable bonds is 10. The Bertz CT molecular complexity index is 1920. The van der Waals surface area contributed by atoms with E-state index in [0.717, 1.165) is 0 Å². The standard InChI is InChI=1S/C31H24ClN9O6/c32-20-8-13-26(41-17-34-39-40-41)24(16-20)37-29(44)30(45)38-25(28(43)36-22-11-6-19(7-12-22)31(46)47)15-18-4-9-21(10-5-18)35-27(42)23-3-1-2-14-33-23/h1-14,16-17,25H,15H2,(H,35,42)(H,36,43)(H,37,44)(H,38,45)(H,46,47)/t25-/m0/s1. The zero-order chi connectivity index (χ0) is 33.3. The molecule has 0 aliphatic rings. The van der Waals surface area contributed by atoms with Gasteiger partial charge in [0.05, 0.1) is 16.9 Å². The summed E-state index contributed by atoms with van der Waals surface area (Å²) in [5.74, 6) is -4.46. The molecular formula is C31H24ClN9O6. The van der Waals surface area contributed by atoms with Crippen LogP contribution >= 0.6 is 11.6 Å². The van der Waals surface area contributed by atoms with Gasteiger partial charge in [0.2, 0.25) is 5.91 Å². The molecule has 0 saturated carbocycles. The molecular weight excluding hydrogens is 630 g/mol. The van der Waals surface area contributed by atoms with Crippen LogP contribution in [0.25, 0.3) is 5.69 Å². The average molecular weight is 654 g/mol. The normalized spacial score (nSPS) is 11.2. The summed E-state index contributed by atoms with van der Waals surface area (Å²) in [6.45, 7) is 0. The summed E-state index contributed by atoms with van der Waals surface area (Å²) < 4.78 is 1.26. The fourth-order valence-electron chi connectivity index (χ4n) is 4.27. The van der Waals surface area contributed by atoms with E-state index in [1.807, 2.05) is 0 Å². The number of halogens is 1. The van der Waals surface area contributed by atoms with Crippen LogP contribution in [0, 0.1) is 0 Å². The molecule has 4 amide bonds. The quantitative estimate of drug-likeness (QED) is 0.139. The number of pyridine rings is 1. The Morgan fingerprint density at radius 2 is 1.55 bits per heavy atom. The Labute approximate surface area is 271 Å². The van der Waals surface area contributed by atoms with Crippen molar-refractivity contribution >= 4 is 58.3 Å². The first-order chi connectivity index (χ1) is 22.7. The van der Waals surface area contributed by atoms with E-state index in [0.29, 0.717) is 16.9 Å². The second-order valence-electron chi connectivity index (χ2n) is 9.84. The summed E-state index contributed by atoms with van der Waals surface area (Å²) in [4.78, 5) is 67.2. The van der Waals surface area contributed by atoms with Crippen molar-refractivity contribution in [3.8, 4) is 5.69 Å². The minimum absolute atomic E-state index is 0.0156. The van der Waals surface area contributed by atoms with E-state index in [4.69, 9.17) is 16.7 Å².